The molecule has 2 aromatic heterocycles. The van der Waals surface area contributed by atoms with E-state index in [1.165, 1.54) is 12.1 Å². The molecule has 9 nitrogen and oxygen atoms in total. The second-order valence-electron chi connectivity index (χ2n) is 4.73. The Kier molecular flexibility index (Phi) is 3.83. The molecule has 0 spiro atoms. The number of hydrogen-bond acceptors (Lipinski definition) is 7. The third kappa shape index (κ3) is 3.59. The summed E-state index contributed by atoms with van der Waals surface area (Å²) in [6, 6.07) is 7.88. The van der Waals surface area contributed by atoms with Crippen LogP contribution in [0.25, 0.3) is 0 Å². The smallest absolute Gasteiger partial charge is 0.271 e. The van der Waals surface area contributed by atoms with Crippen LogP contribution < -0.4 is 10.6 Å². The first kappa shape index (κ1) is 14.4. The molecular formula is C14H13N7O2. The lowest BCUT2D eigenvalue weighted by Gasteiger charge is -2.07. The molecule has 0 saturated heterocycles. The summed E-state index contributed by atoms with van der Waals surface area (Å²) in [6.45, 7) is 0. The maximum atomic E-state index is 10.8. The third-order valence-electron chi connectivity index (χ3n) is 2.95. The van der Waals surface area contributed by atoms with Crippen LogP contribution in [0.2, 0.25) is 0 Å². The first-order valence-corrected chi connectivity index (χ1v) is 6.70. The van der Waals surface area contributed by atoms with Crippen LogP contribution in [0.4, 0.5) is 28.8 Å². The highest BCUT2D eigenvalue weighted by Crippen LogP contribution is 2.21. The molecule has 0 fully saturated rings. The highest BCUT2D eigenvalue weighted by molar-refractivity contribution is 5.61. The SMILES string of the molecule is Cn1cc(Nc2nccc(Nc3cccc([N+](=O)[O-])c3)n2)cn1. The van der Waals surface area contributed by atoms with Gasteiger partial charge in [-0.25, -0.2) is 4.98 Å². The minimum atomic E-state index is -0.444. The third-order valence-corrected chi connectivity index (χ3v) is 2.95. The van der Waals surface area contributed by atoms with Crippen LogP contribution >= 0.6 is 0 Å². The van der Waals surface area contributed by atoms with Crippen LogP contribution in [0.15, 0.2) is 48.9 Å². The van der Waals surface area contributed by atoms with Gasteiger partial charge in [0.15, 0.2) is 0 Å². The van der Waals surface area contributed by atoms with Crippen molar-refractivity contribution in [2.45, 2.75) is 0 Å². The minimum absolute atomic E-state index is 0.0118. The van der Waals surface area contributed by atoms with Gasteiger partial charge < -0.3 is 10.6 Å². The van der Waals surface area contributed by atoms with Crippen molar-refractivity contribution in [1.82, 2.24) is 19.7 Å². The van der Waals surface area contributed by atoms with E-state index in [0.717, 1.165) is 5.69 Å². The summed E-state index contributed by atoms with van der Waals surface area (Å²) in [5, 5.41) is 20.9. The maximum Gasteiger partial charge on any atom is 0.271 e. The molecule has 0 radical (unpaired) electrons. The summed E-state index contributed by atoms with van der Waals surface area (Å²) in [4.78, 5) is 18.8. The van der Waals surface area contributed by atoms with Crippen molar-refractivity contribution in [2.24, 2.45) is 7.05 Å². The molecule has 0 aliphatic heterocycles. The van der Waals surface area contributed by atoms with Crippen LogP contribution in [0.5, 0.6) is 0 Å². The summed E-state index contributed by atoms with van der Waals surface area (Å²) in [6.07, 6.45) is 5.04. The largest absolute Gasteiger partial charge is 0.340 e. The normalized spacial score (nSPS) is 10.3. The Morgan fingerprint density at radius 2 is 2.09 bits per heavy atom. The molecule has 0 aliphatic rings. The molecule has 3 rings (SSSR count). The van der Waals surface area contributed by atoms with Crippen molar-refractivity contribution in [3.05, 3.63) is 59.0 Å². The lowest BCUT2D eigenvalue weighted by atomic mass is 10.3. The molecule has 2 heterocycles. The second kappa shape index (κ2) is 6.10. The lowest BCUT2D eigenvalue weighted by molar-refractivity contribution is -0.384. The molecule has 116 valence electrons. The second-order valence-corrected chi connectivity index (χ2v) is 4.73. The summed E-state index contributed by atoms with van der Waals surface area (Å²) in [5.41, 5.74) is 1.35. The molecule has 0 atom stereocenters. The van der Waals surface area contributed by atoms with Crippen molar-refractivity contribution in [3.63, 3.8) is 0 Å². The molecule has 1 aromatic carbocycles. The van der Waals surface area contributed by atoms with Gasteiger partial charge in [-0.3, -0.25) is 14.8 Å². The van der Waals surface area contributed by atoms with E-state index in [9.17, 15) is 10.1 Å². The summed E-state index contributed by atoms with van der Waals surface area (Å²) >= 11 is 0. The highest BCUT2D eigenvalue weighted by Gasteiger charge is 2.07. The van der Waals surface area contributed by atoms with Gasteiger partial charge in [0.25, 0.3) is 5.69 Å². The fourth-order valence-corrected chi connectivity index (χ4v) is 1.95. The fourth-order valence-electron chi connectivity index (χ4n) is 1.95. The number of nitrogens with zero attached hydrogens (tertiary/aromatic N) is 5. The first-order valence-electron chi connectivity index (χ1n) is 6.70. The van der Waals surface area contributed by atoms with Crippen LogP contribution in [0, 0.1) is 10.1 Å². The van der Waals surface area contributed by atoms with Gasteiger partial charge in [-0.05, 0) is 12.1 Å². The molecule has 0 bridgehead atoms. The predicted molar refractivity (Wildman–Crippen MR) is 84.9 cm³/mol. The molecule has 3 aromatic rings. The van der Waals surface area contributed by atoms with E-state index in [0.29, 0.717) is 17.5 Å². The van der Waals surface area contributed by atoms with E-state index in [1.54, 1.807) is 41.5 Å². The van der Waals surface area contributed by atoms with Gasteiger partial charge in [0.2, 0.25) is 5.95 Å². The van der Waals surface area contributed by atoms with Gasteiger partial charge in [-0.1, -0.05) is 6.07 Å². The van der Waals surface area contributed by atoms with Gasteiger partial charge in [0.1, 0.15) is 5.82 Å². The zero-order chi connectivity index (χ0) is 16.2. The van der Waals surface area contributed by atoms with E-state index in [2.05, 4.69) is 25.7 Å². The molecule has 9 heteroatoms. The predicted octanol–water partition coefficient (Wildman–Crippen LogP) is 2.61. The van der Waals surface area contributed by atoms with Crippen molar-refractivity contribution in [3.8, 4) is 0 Å². The monoisotopic (exact) mass is 311 g/mol. The minimum Gasteiger partial charge on any atom is -0.340 e. The number of benzene rings is 1. The molecule has 0 saturated carbocycles. The number of aromatic nitrogens is 4. The summed E-state index contributed by atoms with van der Waals surface area (Å²) < 4.78 is 1.66. The van der Waals surface area contributed by atoms with Gasteiger partial charge in [-0.2, -0.15) is 10.1 Å². The highest BCUT2D eigenvalue weighted by atomic mass is 16.6. The quantitative estimate of drug-likeness (QED) is 0.550. The van der Waals surface area contributed by atoms with Crippen LogP contribution in [-0.4, -0.2) is 24.7 Å². The number of rotatable bonds is 5. The van der Waals surface area contributed by atoms with Crippen molar-refractivity contribution < 1.29 is 4.92 Å². The molecule has 0 amide bonds. The zero-order valence-electron chi connectivity index (χ0n) is 12.2. The van der Waals surface area contributed by atoms with E-state index < -0.39 is 4.92 Å². The Labute approximate surface area is 131 Å². The molecule has 0 unspecified atom stereocenters. The maximum absolute atomic E-state index is 10.8. The number of nitrogens with one attached hydrogen (secondary N) is 2. The van der Waals surface area contributed by atoms with Crippen molar-refractivity contribution in [1.29, 1.82) is 0 Å². The van der Waals surface area contributed by atoms with E-state index in [1.807, 2.05) is 7.05 Å². The van der Waals surface area contributed by atoms with Crippen molar-refractivity contribution in [2.75, 3.05) is 10.6 Å². The van der Waals surface area contributed by atoms with Gasteiger partial charge in [0, 0.05) is 37.3 Å². The Hall–Kier alpha value is -3.49. The summed E-state index contributed by atoms with van der Waals surface area (Å²) in [7, 11) is 1.81. The molecule has 0 aliphatic carbocycles. The number of aryl methyl sites for hydroxylation is 1. The average molecular weight is 311 g/mol. The Morgan fingerprint density at radius 1 is 1.22 bits per heavy atom. The number of nitro groups is 1. The van der Waals surface area contributed by atoms with Gasteiger partial charge >= 0.3 is 0 Å². The summed E-state index contributed by atoms with van der Waals surface area (Å²) in [5.74, 6) is 0.917. The van der Waals surface area contributed by atoms with Gasteiger partial charge in [0.05, 0.1) is 16.8 Å². The number of non-ortho nitro benzene ring substituents is 1. The molecular weight excluding hydrogens is 298 g/mol. The Morgan fingerprint density at radius 3 is 2.83 bits per heavy atom. The van der Waals surface area contributed by atoms with Crippen LogP contribution in [-0.2, 0) is 7.05 Å². The number of nitro benzene ring substituents is 1. The van der Waals surface area contributed by atoms with E-state index in [4.69, 9.17) is 0 Å². The zero-order valence-corrected chi connectivity index (χ0v) is 12.2. The molecule has 23 heavy (non-hydrogen) atoms. The fraction of sp³-hybridized carbons (Fsp3) is 0.0714. The lowest BCUT2D eigenvalue weighted by Crippen LogP contribution is -2.00. The van der Waals surface area contributed by atoms with Crippen molar-refractivity contribution >= 4 is 28.8 Å². The molecule has 2 N–H and O–H groups in total. The average Bonchev–Trinajstić information content (AvgIpc) is 2.93. The Bertz CT molecular complexity index is 846. The standard InChI is InChI=1S/C14H13N7O2/c1-20-9-11(8-16-20)18-14-15-6-5-13(19-14)17-10-3-2-4-12(7-10)21(22)23/h2-9H,1H3,(H2,15,17,18,19). The van der Waals surface area contributed by atoms with Crippen LogP contribution in [0.3, 0.4) is 0 Å². The van der Waals surface area contributed by atoms with Gasteiger partial charge in [-0.15, -0.1) is 0 Å². The van der Waals surface area contributed by atoms with E-state index in [-0.39, 0.29) is 5.69 Å². The topological polar surface area (TPSA) is 111 Å². The number of hydrogen-bond donors (Lipinski definition) is 2. The van der Waals surface area contributed by atoms with Crippen LogP contribution in [0.1, 0.15) is 0 Å². The number of anilines is 4. The van der Waals surface area contributed by atoms with E-state index >= 15 is 0 Å². The first-order chi connectivity index (χ1) is 11.1. The Balaban J connectivity index is 1.77.